The number of aliphatic carboxylic acids is 1. The van der Waals surface area contributed by atoms with Crippen LogP contribution in [0.2, 0.25) is 0 Å². The topological polar surface area (TPSA) is 206 Å². The summed E-state index contributed by atoms with van der Waals surface area (Å²) < 4.78 is 21.5. The largest absolute Gasteiger partial charge is 0.481 e. The van der Waals surface area contributed by atoms with Crippen LogP contribution in [-0.4, -0.2) is 91.0 Å². The van der Waals surface area contributed by atoms with Crippen LogP contribution in [0.15, 0.2) is 24.3 Å². The normalized spacial score (nSPS) is 21.3. The Labute approximate surface area is 213 Å². The molecule has 0 saturated carbocycles. The van der Waals surface area contributed by atoms with Gasteiger partial charge < -0.3 is 20.5 Å². The highest BCUT2D eigenvalue weighted by Crippen LogP contribution is 2.34. The first-order valence-corrected chi connectivity index (χ1v) is 13.4. The van der Waals surface area contributed by atoms with Crippen LogP contribution in [0, 0.1) is 0 Å². The van der Waals surface area contributed by atoms with Gasteiger partial charge in [0, 0.05) is 24.8 Å². The maximum atomic E-state index is 13.5. The first-order chi connectivity index (χ1) is 17.4. The maximum absolute atomic E-state index is 13.5. The van der Waals surface area contributed by atoms with E-state index < -0.39 is 64.9 Å². The Bertz CT molecular complexity index is 1080. The van der Waals surface area contributed by atoms with E-state index in [0.29, 0.717) is 12.1 Å². The molecule has 37 heavy (non-hydrogen) atoms. The fraction of sp³-hybridized carbons (Fsp3) is 0.455. The maximum Gasteiger partial charge on any atom is 0.305 e. The van der Waals surface area contributed by atoms with Crippen molar-refractivity contribution in [3.63, 3.8) is 0 Å². The first-order valence-electron chi connectivity index (χ1n) is 11.4. The predicted octanol–water partition coefficient (Wildman–Crippen LogP) is 0.179. The molecule has 1 aromatic carbocycles. The lowest BCUT2D eigenvalue weighted by molar-refractivity contribution is -0.176. The minimum Gasteiger partial charge on any atom is -0.481 e. The Morgan fingerprint density at radius 1 is 1.16 bits per heavy atom. The summed E-state index contributed by atoms with van der Waals surface area (Å²) in [4.78, 5) is 74.1. The van der Waals surface area contributed by atoms with Crippen molar-refractivity contribution in [3.05, 3.63) is 29.8 Å². The van der Waals surface area contributed by atoms with Crippen molar-refractivity contribution in [2.24, 2.45) is 0 Å². The molecule has 2 saturated heterocycles. The quantitative estimate of drug-likeness (QED) is 0.235. The number of carbonyl (C=O) groups excluding carboxylic acids is 5. The highest BCUT2D eigenvalue weighted by molar-refractivity contribution is 8.24. The number of rotatable bonds is 9. The zero-order chi connectivity index (χ0) is 27.3. The third-order valence-electron chi connectivity index (χ3n) is 5.81. The second-order valence-electron chi connectivity index (χ2n) is 8.78. The van der Waals surface area contributed by atoms with Crippen LogP contribution in [0.3, 0.4) is 0 Å². The number of hydrogen-bond donors (Lipinski definition) is 6. The Balaban J connectivity index is 1.76. The minimum atomic E-state index is -3.01. The van der Waals surface area contributed by atoms with E-state index in [0.717, 1.165) is 5.01 Å². The van der Waals surface area contributed by atoms with Crippen molar-refractivity contribution in [3.8, 4) is 0 Å². The van der Waals surface area contributed by atoms with E-state index in [9.17, 15) is 37.9 Å². The standard InChI is InChI=1S/C22H29N5O9S/c1-37(35,36)25-14-6-4-13(5-7-14)20(32)24-16-8-9-18(29)26-10-2-3-17(27(26)22(16)34)21(33)23-15(12-28)11-19(30)31/h4-7,12,15-17,25,35-36H,2-3,8-11H2,1H3,(H,23,33)(H,24,32)(H,30,31)/t15-,16-,17-/m0/s1. The van der Waals surface area contributed by atoms with Crippen molar-refractivity contribution in [1.29, 1.82) is 0 Å². The van der Waals surface area contributed by atoms with Crippen molar-refractivity contribution < 1.29 is 43.0 Å². The number of carbonyl (C=O) groups is 6. The number of nitrogens with zero attached hydrogens (tertiary/aromatic N) is 2. The van der Waals surface area contributed by atoms with Gasteiger partial charge in [-0.3, -0.25) is 42.8 Å². The van der Waals surface area contributed by atoms with Crippen LogP contribution >= 0.6 is 10.8 Å². The summed E-state index contributed by atoms with van der Waals surface area (Å²) in [6, 6.07) is 2.15. The van der Waals surface area contributed by atoms with Gasteiger partial charge in [-0.15, -0.1) is 10.8 Å². The van der Waals surface area contributed by atoms with E-state index in [1.54, 1.807) is 0 Å². The summed E-state index contributed by atoms with van der Waals surface area (Å²) in [5.74, 6) is -3.78. The fourth-order valence-electron chi connectivity index (χ4n) is 4.16. The number of hydrogen-bond acceptors (Lipinski definition) is 9. The van der Waals surface area contributed by atoms with Gasteiger partial charge in [-0.05, 0) is 43.5 Å². The fourth-order valence-corrected chi connectivity index (χ4v) is 4.74. The number of amides is 4. The number of fused-ring (bicyclic) bond motifs is 1. The smallest absolute Gasteiger partial charge is 0.305 e. The second-order valence-corrected chi connectivity index (χ2v) is 10.7. The number of hydrazine groups is 1. The van der Waals surface area contributed by atoms with Gasteiger partial charge >= 0.3 is 5.97 Å². The van der Waals surface area contributed by atoms with Gasteiger partial charge in [-0.2, -0.15) is 0 Å². The summed E-state index contributed by atoms with van der Waals surface area (Å²) in [6.45, 7) is 0.187. The van der Waals surface area contributed by atoms with Gasteiger partial charge in [-0.1, -0.05) is 0 Å². The second kappa shape index (κ2) is 11.6. The number of nitrogens with one attached hydrogen (secondary N) is 3. The average Bonchev–Trinajstić information content (AvgIpc) is 2.94. The zero-order valence-electron chi connectivity index (χ0n) is 20.0. The van der Waals surface area contributed by atoms with Crippen LogP contribution in [0.25, 0.3) is 0 Å². The lowest BCUT2D eigenvalue weighted by Gasteiger charge is -2.43. The molecule has 3 atom stereocenters. The van der Waals surface area contributed by atoms with E-state index in [1.165, 1.54) is 35.5 Å². The summed E-state index contributed by atoms with van der Waals surface area (Å²) in [5.41, 5.74) is 0.540. The molecule has 0 bridgehead atoms. The molecule has 15 heteroatoms. The van der Waals surface area contributed by atoms with Crippen molar-refractivity contribution in [1.82, 2.24) is 20.7 Å². The van der Waals surface area contributed by atoms with Gasteiger partial charge in [0.15, 0.2) is 0 Å². The van der Waals surface area contributed by atoms with Crippen molar-refractivity contribution >= 4 is 52.3 Å². The van der Waals surface area contributed by atoms with E-state index >= 15 is 0 Å². The lowest BCUT2D eigenvalue weighted by Crippen LogP contribution is -2.64. The molecule has 2 heterocycles. The molecule has 3 rings (SSSR count). The van der Waals surface area contributed by atoms with Crippen LogP contribution in [0.1, 0.15) is 42.5 Å². The highest BCUT2D eigenvalue weighted by Gasteiger charge is 2.45. The number of anilines is 1. The zero-order valence-corrected chi connectivity index (χ0v) is 20.8. The summed E-state index contributed by atoms with van der Waals surface area (Å²) >= 11 is 0. The van der Waals surface area contributed by atoms with E-state index in [-0.39, 0.29) is 37.7 Å². The molecule has 0 radical (unpaired) electrons. The molecule has 0 unspecified atom stereocenters. The van der Waals surface area contributed by atoms with Crippen LogP contribution < -0.4 is 15.4 Å². The van der Waals surface area contributed by atoms with Gasteiger partial charge in [0.2, 0.25) is 11.8 Å². The third kappa shape index (κ3) is 7.18. The molecule has 0 aliphatic carbocycles. The average molecular weight is 540 g/mol. The van der Waals surface area contributed by atoms with Crippen LogP contribution in [-0.2, 0) is 24.0 Å². The molecular weight excluding hydrogens is 510 g/mol. The van der Waals surface area contributed by atoms with Gasteiger partial charge in [0.05, 0.1) is 18.2 Å². The van der Waals surface area contributed by atoms with E-state index in [2.05, 4.69) is 15.4 Å². The summed E-state index contributed by atoms with van der Waals surface area (Å²) in [6.07, 6.45) is 1.36. The lowest BCUT2D eigenvalue weighted by atomic mass is 10.0. The summed E-state index contributed by atoms with van der Waals surface area (Å²) in [5, 5.41) is 16.0. The Morgan fingerprint density at radius 3 is 2.43 bits per heavy atom. The molecule has 2 fully saturated rings. The molecule has 2 aliphatic rings. The van der Waals surface area contributed by atoms with Crippen LogP contribution in [0.4, 0.5) is 5.69 Å². The molecule has 14 nitrogen and oxygen atoms in total. The number of carboxylic acid groups (broad SMARTS) is 1. The Kier molecular flexibility index (Phi) is 8.73. The Hall–Kier alpha value is -3.69. The van der Waals surface area contributed by atoms with Gasteiger partial charge in [0.25, 0.3) is 11.8 Å². The monoisotopic (exact) mass is 539 g/mol. The number of aldehydes is 1. The predicted molar refractivity (Wildman–Crippen MR) is 131 cm³/mol. The van der Waals surface area contributed by atoms with Crippen molar-refractivity contribution in [2.75, 3.05) is 17.5 Å². The SMILES string of the molecule is CS(O)(O)Nc1ccc(C(=O)N[C@H]2CCC(=O)N3CCC[C@@H](C(=O)N[C@H](C=O)CC(=O)O)N3C2=O)cc1. The highest BCUT2D eigenvalue weighted by atomic mass is 32.3. The van der Waals surface area contributed by atoms with Gasteiger partial charge in [-0.25, -0.2) is 5.01 Å². The van der Waals surface area contributed by atoms with E-state index in [4.69, 9.17) is 5.11 Å². The minimum absolute atomic E-state index is 0.00288. The number of carboxylic acids is 1. The third-order valence-corrected chi connectivity index (χ3v) is 6.44. The van der Waals surface area contributed by atoms with E-state index in [1.807, 2.05) is 0 Å². The Morgan fingerprint density at radius 2 is 1.84 bits per heavy atom. The molecular formula is C22H29N5O9S. The molecule has 0 aromatic heterocycles. The van der Waals surface area contributed by atoms with Crippen LogP contribution in [0.5, 0.6) is 0 Å². The molecule has 1 aromatic rings. The molecule has 202 valence electrons. The summed E-state index contributed by atoms with van der Waals surface area (Å²) in [7, 11) is -3.01. The molecule has 4 amide bonds. The number of benzene rings is 1. The van der Waals surface area contributed by atoms with Gasteiger partial charge in [0.1, 0.15) is 18.4 Å². The first kappa shape index (κ1) is 27.9. The molecule has 0 spiro atoms. The molecule has 2 aliphatic heterocycles. The molecule has 6 N–H and O–H groups in total. The van der Waals surface area contributed by atoms with Crippen molar-refractivity contribution in [2.45, 2.75) is 50.2 Å².